The Bertz CT molecular complexity index is 1510. The topological polar surface area (TPSA) is 72.8 Å². The molecular formula is C73H126O5. The lowest BCUT2D eigenvalue weighted by molar-refractivity contribution is -0.161. The van der Waals surface area contributed by atoms with Gasteiger partial charge in [-0.05, 0) is 77.0 Å². The van der Waals surface area contributed by atoms with E-state index in [4.69, 9.17) is 9.47 Å². The summed E-state index contributed by atoms with van der Waals surface area (Å²) in [5.41, 5.74) is 0. The zero-order chi connectivity index (χ0) is 56.2. The number of esters is 2. The van der Waals surface area contributed by atoms with Gasteiger partial charge < -0.3 is 14.6 Å². The molecule has 0 fully saturated rings. The first-order valence-corrected chi connectivity index (χ1v) is 33.4. The second kappa shape index (κ2) is 67.8. The largest absolute Gasteiger partial charge is 0.462 e. The van der Waals surface area contributed by atoms with Crippen LogP contribution in [0.2, 0.25) is 0 Å². The molecule has 0 aromatic carbocycles. The highest BCUT2D eigenvalue weighted by molar-refractivity contribution is 5.70. The highest BCUT2D eigenvalue weighted by atomic mass is 16.6. The van der Waals surface area contributed by atoms with Crippen LogP contribution in [0.4, 0.5) is 0 Å². The van der Waals surface area contributed by atoms with Gasteiger partial charge in [0.15, 0.2) is 6.10 Å². The lowest BCUT2D eigenvalue weighted by Crippen LogP contribution is -2.28. The van der Waals surface area contributed by atoms with Gasteiger partial charge in [-0.25, -0.2) is 0 Å². The maximum Gasteiger partial charge on any atom is 0.306 e. The predicted octanol–water partition coefficient (Wildman–Crippen LogP) is 23.2. The Morgan fingerprint density at radius 3 is 0.821 bits per heavy atom. The van der Waals surface area contributed by atoms with Gasteiger partial charge in [0.1, 0.15) is 6.61 Å². The van der Waals surface area contributed by atoms with Crippen LogP contribution in [0.5, 0.6) is 0 Å². The first-order valence-electron chi connectivity index (χ1n) is 33.4. The summed E-state index contributed by atoms with van der Waals surface area (Å²) in [6.45, 7) is 4.01. The molecule has 0 amide bonds. The van der Waals surface area contributed by atoms with Gasteiger partial charge >= 0.3 is 11.9 Å². The van der Waals surface area contributed by atoms with Crippen LogP contribution in [0.25, 0.3) is 0 Å². The van der Waals surface area contributed by atoms with Crippen molar-refractivity contribution in [2.75, 3.05) is 13.2 Å². The van der Waals surface area contributed by atoms with Crippen LogP contribution >= 0.6 is 0 Å². The molecule has 0 saturated heterocycles. The predicted molar refractivity (Wildman–Crippen MR) is 343 cm³/mol. The van der Waals surface area contributed by atoms with Crippen molar-refractivity contribution in [2.24, 2.45) is 0 Å². The molecule has 1 N–H and O–H groups in total. The van der Waals surface area contributed by atoms with Crippen molar-refractivity contribution in [2.45, 2.75) is 328 Å². The minimum atomic E-state index is -0.810. The minimum absolute atomic E-state index is 0.0926. The first-order chi connectivity index (χ1) is 38.6. The Labute approximate surface area is 484 Å². The highest BCUT2D eigenvalue weighted by Crippen LogP contribution is 2.18. The summed E-state index contributed by atoms with van der Waals surface area (Å²) in [6.07, 6.45) is 98.4. The molecule has 0 spiro atoms. The van der Waals surface area contributed by atoms with Crippen molar-refractivity contribution in [3.8, 4) is 0 Å². The summed E-state index contributed by atoms with van der Waals surface area (Å²) in [4.78, 5) is 24.6. The molecule has 5 heteroatoms. The fourth-order valence-electron chi connectivity index (χ4n) is 9.62. The Morgan fingerprint density at radius 2 is 0.551 bits per heavy atom. The second-order valence-electron chi connectivity index (χ2n) is 22.2. The van der Waals surface area contributed by atoms with Gasteiger partial charge in [0.25, 0.3) is 0 Å². The molecule has 0 aromatic heterocycles. The van der Waals surface area contributed by atoms with Crippen LogP contribution in [-0.4, -0.2) is 36.4 Å². The monoisotopic (exact) mass is 1080 g/mol. The number of aliphatic hydroxyl groups is 1. The van der Waals surface area contributed by atoms with Crippen LogP contribution in [0.1, 0.15) is 322 Å². The van der Waals surface area contributed by atoms with E-state index in [9.17, 15) is 14.7 Å². The average molecular weight is 1080 g/mol. The number of carbonyl (C=O) groups is 2. The number of unbranched alkanes of at least 4 members (excludes halogenated alkanes) is 35. The number of carbonyl (C=O) groups excluding carboxylic acids is 2. The Balaban J connectivity index is 3.52. The van der Waals surface area contributed by atoms with Gasteiger partial charge in [0.2, 0.25) is 0 Å². The molecule has 448 valence electrons. The standard InChI is InChI=1S/C73H126O5/c1-3-5-7-9-11-13-15-17-19-21-23-25-27-29-31-33-34-35-36-37-38-40-41-43-45-47-49-51-53-55-57-59-61-63-65-67-72(75)77-70-71(69-74)78-73(76)68-66-64-62-60-58-56-54-52-50-48-46-44-42-39-32-30-28-26-24-22-20-18-16-14-12-10-8-6-4-2/h6,8,12,14,18,20,24,26,30,32,42,44,48,50,54,56,60,62,71,74H,3-5,7,9-11,13,15-17,19,21-23,25,27-29,31,33-41,43,45-47,49,51-53,55,57-59,61,63-70H2,1-2H3/b8-6-,14-12-,20-18-,26-24-,32-30-,44-42-,50-48-,56-54-,62-60-. The van der Waals surface area contributed by atoms with E-state index in [1.807, 2.05) is 0 Å². The number of rotatable bonds is 61. The Kier molecular flexibility index (Phi) is 64.8. The maximum atomic E-state index is 12.3. The third-order valence-electron chi connectivity index (χ3n) is 14.6. The number of allylic oxidation sites excluding steroid dienone is 18. The third-order valence-corrected chi connectivity index (χ3v) is 14.6. The lowest BCUT2D eigenvalue weighted by atomic mass is 10.0. The van der Waals surface area contributed by atoms with Gasteiger partial charge in [-0.3, -0.25) is 9.59 Å². The van der Waals surface area contributed by atoms with Crippen LogP contribution < -0.4 is 0 Å². The molecule has 0 heterocycles. The fourth-order valence-corrected chi connectivity index (χ4v) is 9.62. The summed E-state index contributed by atoms with van der Waals surface area (Å²) in [6, 6.07) is 0. The Hall–Kier alpha value is -3.44. The molecular weight excluding hydrogens is 957 g/mol. The van der Waals surface area contributed by atoms with Crippen LogP contribution in [0, 0.1) is 0 Å². The van der Waals surface area contributed by atoms with Crippen LogP contribution in [0.3, 0.4) is 0 Å². The third kappa shape index (κ3) is 65.1. The SMILES string of the molecule is CC/C=C\C/C=C\C/C=C\C/C=C\C/C=C\C/C=C\C/C=C\C/C=C\C/C=C\CCCC(=O)OC(CO)COC(=O)CCCCCCCCCCCCCCCCCCCCCCCCCCCCCCCCCCCCC. The van der Waals surface area contributed by atoms with E-state index < -0.39 is 6.10 Å². The molecule has 0 radical (unpaired) electrons. The normalized spacial score (nSPS) is 12.9. The zero-order valence-corrected chi connectivity index (χ0v) is 51.4. The minimum Gasteiger partial charge on any atom is -0.462 e. The number of hydrogen-bond donors (Lipinski definition) is 1. The molecule has 1 atom stereocenters. The van der Waals surface area contributed by atoms with E-state index in [1.165, 1.54) is 205 Å². The van der Waals surface area contributed by atoms with E-state index in [-0.39, 0.29) is 31.6 Å². The number of hydrogen-bond acceptors (Lipinski definition) is 5. The van der Waals surface area contributed by atoms with Gasteiger partial charge in [-0.1, -0.05) is 342 Å². The average Bonchev–Trinajstić information content (AvgIpc) is 3.44. The maximum absolute atomic E-state index is 12.3. The molecule has 0 aromatic rings. The molecule has 0 bridgehead atoms. The van der Waals surface area contributed by atoms with Crippen molar-refractivity contribution < 1.29 is 24.2 Å². The van der Waals surface area contributed by atoms with E-state index in [1.54, 1.807) is 0 Å². The van der Waals surface area contributed by atoms with Gasteiger partial charge in [0, 0.05) is 12.8 Å². The molecule has 78 heavy (non-hydrogen) atoms. The fraction of sp³-hybridized carbons (Fsp3) is 0.726. The molecule has 0 aliphatic heterocycles. The van der Waals surface area contributed by atoms with Crippen molar-refractivity contribution in [3.05, 3.63) is 109 Å². The summed E-state index contributed by atoms with van der Waals surface area (Å²) in [5, 5.41) is 9.67. The van der Waals surface area contributed by atoms with Crippen LogP contribution in [0.15, 0.2) is 109 Å². The molecule has 5 nitrogen and oxygen atoms in total. The summed E-state index contributed by atoms with van der Waals surface area (Å²) < 4.78 is 10.7. The van der Waals surface area contributed by atoms with Crippen molar-refractivity contribution in [1.82, 2.24) is 0 Å². The zero-order valence-electron chi connectivity index (χ0n) is 51.4. The second-order valence-corrected chi connectivity index (χ2v) is 22.2. The van der Waals surface area contributed by atoms with Crippen LogP contribution in [-0.2, 0) is 19.1 Å². The van der Waals surface area contributed by atoms with Gasteiger partial charge in [-0.2, -0.15) is 0 Å². The summed E-state index contributed by atoms with van der Waals surface area (Å²) in [7, 11) is 0. The quantitative estimate of drug-likeness (QED) is 0.0373. The highest BCUT2D eigenvalue weighted by Gasteiger charge is 2.16. The first kappa shape index (κ1) is 74.6. The van der Waals surface area contributed by atoms with Crippen molar-refractivity contribution in [1.29, 1.82) is 0 Å². The van der Waals surface area contributed by atoms with Crippen molar-refractivity contribution >= 4 is 11.9 Å². The Morgan fingerprint density at radius 1 is 0.308 bits per heavy atom. The van der Waals surface area contributed by atoms with Crippen molar-refractivity contribution in [3.63, 3.8) is 0 Å². The molecule has 0 rings (SSSR count). The van der Waals surface area contributed by atoms with E-state index in [0.717, 1.165) is 83.5 Å². The lowest BCUT2D eigenvalue weighted by Gasteiger charge is -2.15. The van der Waals surface area contributed by atoms with E-state index in [2.05, 4.69) is 123 Å². The number of aliphatic hydroxyl groups excluding tert-OH is 1. The molecule has 0 saturated carbocycles. The van der Waals surface area contributed by atoms with E-state index >= 15 is 0 Å². The summed E-state index contributed by atoms with van der Waals surface area (Å²) >= 11 is 0. The van der Waals surface area contributed by atoms with E-state index in [0.29, 0.717) is 12.8 Å². The molecule has 1 unspecified atom stereocenters. The smallest absolute Gasteiger partial charge is 0.306 e. The molecule has 0 aliphatic carbocycles. The molecule has 0 aliphatic rings. The van der Waals surface area contributed by atoms with Gasteiger partial charge in [0.05, 0.1) is 6.61 Å². The van der Waals surface area contributed by atoms with Gasteiger partial charge in [-0.15, -0.1) is 0 Å². The number of ether oxygens (including phenoxy) is 2. The summed E-state index contributed by atoms with van der Waals surface area (Å²) in [5.74, 6) is -0.655.